The van der Waals surface area contributed by atoms with Gasteiger partial charge in [-0.05, 0) is 74.0 Å². The lowest BCUT2D eigenvalue weighted by Gasteiger charge is -2.65. The molecular formula is C22H34O2. The summed E-state index contributed by atoms with van der Waals surface area (Å²) in [5.41, 5.74) is 2.45. The number of rotatable bonds is 1. The molecule has 0 aromatic rings. The lowest BCUT2D eigenvalue weighted by atomic mass is 9.40. The molecule has 0 aliphatic heterocycles. The van der Waals surface area contributed by atoms with E-state index in [2.05, 4.69) is 33.8 Å². The number of fused-ring (bicyclic) bond motifs is 3. The van der Waals surface area contributed by atoms with Crippen LogP contribution in [0.5, 0.6) is 0 Å². The van der Waals surface area contributed by atoms with Crippen molar-refractivity contribution in [2.24, 2.45) is 34.0 Å². The van der Waals surface area contributed by atoms with Crippen LogP contribution in [0.15, 0.2) is 11.6 Å². The van der Waals surface area contributed by atoms with Crippen LogP contribution < -0.4 is 0 Å². The van der Waals surface area contributed by atoms with Crippen molar-refractivity contribution in [2.75, 3.05) is 0 Å². The van der Waals surface area contributed by atoms with E-state index in [0.717, 1.165) is 12.3 Å². The summed E-state index contributed by atoms with van der Waals surface area (Å²) in [5.74, 6) is 1.99. The molecule has 0 saturated heterocycles. The summed E-state index contributed by atoms with van der Waals surface area (Å²) < 4.78 is 6.03. The van der Waals surface area contributed by atoms with Crippen molar-refractivity contribution < 1.29 is 9.53 Å². The van der Waals surface area contributed by atoms with E-state index in [-0.39, 0.29) is 17.5 Å². The van der Waals surface area contributed by atoms with Gasteiger partial charge in [-0.25, -0.2) is 0 Å². The molecule has 1 spiro atoms. The topological polar surface area (TPSA) is 26.3 Å². The maximum Gasteiger partial charge on any atom is 0.302 e. The molecule has 0 amide bonds. The molecule has 134 valence electrons. The van der Waals surface area contributed by atoms with E-state index in [4.69, 9.17) is 4.74 Å². The smallest absolute Gasteiger partial charge is 0.302 e. The van der Waals surface area contributed by atoms with E-state index >= 15 is 0 Å². The van der Waals surface area contributed by atoms with Gasteiger partial charge in [0.2, 0.25) is 0 Å². The van der Waals surface area contributed by atoms with E-state index in [1.807, 2.05) is 0 Å². The van der Waals surface area contributed by atoms with Gasteiger partial charge in [-0.3, -0.25) is 4.79 Å². The Labute approximate surface area is 147 Å². The zero-order chi connectivity index (χ0) is 17.3. The Morgan fingerprint density at radius 3 is 2.62 bits per heavy atom. The van der Waals surface area contributed by atoms with E-state index in [0.29, 0.717) is 22.7 Å². The Hall–Kier alpha value is -0.790. The zero-order valence-corrected chi connectivity index (χ0v) is 16.2. The second-order valence-electron chi connectivity index (χ2n) is 10.3. The van der Waals surface area contributed by atoms with E-state index in [1.54, 1.807) is 12.5 Å². The Bertz CT molecular complexity index is 589. The minimum atomic E-state index is -0.0922. The highest BCUT2D eigenvalue weighted by molar-refractivity contribution is 5.66. The molecule has 2 bridgehead atoms. The van der Waals surface area contributed by atoms with Gasteiger partial charge in [0, 0.05) is 12.3 Å². The van der Waals surface area contributed by atoms with Crippen molar-refractivity contribution in [3.8, 4) is 0 Å². The second kappa shape index (κ2) is 5.11. The maximum atomic E-state index is 11.9. The van der Waals surface area contributed by atoms with Gasteiger partial charge in [0.25, 0.3) is 0 Å². The molecule has 3 fully saturated rings. The molecule has 0 aromatic carbocycles. The largest absolute Gasteiger partial charge is 0.462 e. The molecule has 6 atom stereocenters. The van der Waals surface area contributed by atoms with Gasteiger partial charge in [-0.1, -0.05) is 38.8 Å². The molecule has 0 radical (unpaired) electrons. The maximum absolute atomic E-state index is 11.9. The van der Waals surface area contributed by atoms with Gasteiger partial charge >= 0.3 is 5.97 Å². The quantitative estimate of drug-likeness (QED) is 0.467. The summed E-state index contributed by atoms with van der Waals surface area (Å²) in [6, 6.07) is 0. The van der Waals surface area contributed by atoms with E-state index in [1.165, 1.54) is 38.5 Å². The highest BCUT2D eigenvalue weighted by atomic mass is 16.5. The Balaban J connectivity index is 1.81. The van der Waals surface area contributed by atoms with Crippen LogP contribution in [-0.4, -0.2) is 12.1 Å². The van der Waals surface area contributed by atoms with E-state index in [9.17, 15) is 4.79 Å². The molecule has 0 N–H and O–H groups in total. The van der Waals surface area contributed by atoms with Gasteiger partial charge in [0.15, 0.2) is 0 Å². The fourth-order valence-corrected chi connectivity index (χ4v) is 7.75. The van der Waals surface area contributed by atoms with Gasteiger partial charge in [-0.15, -0.1) is 0 Å². The van der Waals surface area contributed by atoms with Crippen molar-refractivity contribution in [3.63, 3.8) is 0 Å². The number of carbonyl (C=O) groups excluding carboxylic acids is 1. The fraction of sp³-hybridized carbons (Fsp3) is 0.864. The van der Waals surface area contributed by atoms with Crippen molar-refractivity contribution in [3.05, 3.63) is 11.6 Å². The molecule has 6 unspecified atom stereocenters. The summed E-state index contributed by atoms with van der Waals surface area (Å²) in [7, 11) is 0. The molecular weight excluding hydrogens is 296 g/mol. The van der Waals surface area contributed by atoms with Crippen molar-refractivity contribution in [1.82, 2.24) is 0 Å². The second-order valence-corrected chi connectivity index (χ2v) is 10.3. The summed E-state index contributed by atoms with van der Waals surface area (Å²) in [6.45, 7) is 11.4. The third kappa shape index (κ3) is 2.10. The van der Waals surface area contributed by atoms with Crippen LogP contribution in [-0.2, 0) is 9.53 Å². The molecule has 2 nitrogen and oxygen atoms in total. The lowest BCUT2D eigenvalue weighted by Crippen LogP contribution is -2.61. The fourth-order valence-electron chi connectivity index (χ4n) is 7.75. The molecule has 3 saturated carbocycles. The minimum absolute atomic E-state index is 0.0922. The molecule has 4 rings (SSSR count). The number of hydrogen-bond donors (Lipinski definition) is 0. The average Bonchev–Trinajstić information content (AvgIpc) is 2.71. The molecule has 2 heteroatoms. The summed E-state index contributed by atoms with van der Waals surface area (Å²) in [4.78, 5) is 11.9. The predicted molar refractivity (Wildman–Crippen MR) is 96.4 cm³/mol. The Morgan fingerprint density at radius 1 is 1.17 bits per heavy atom. The van der Waals surface area contributed by atoms with Crippen LogP contribution in [0.25, 0.3) is 0 Å². The van der Waals surface area contributed by atoms with Crippen LogP contribution in [0.4, 0.5) is 0 Å². The van der Waals surface area contributed by atoms with Gasteiger partial charge in [0.05, 0.1) is 0 Å². The molecule has 24 heavy (non-hydrogen) atoms. The average molecular weight is 331 g/mol. The Morgan fingerprint density at radius 2 is 1.92 bits per heavy atom. The lowest BCUT2D eigenvalue weighted by molar-refractivity contribution is -0.202. The first-order valence-electron chi connectivity index (χ1n) is 10.1. The van der Waals surface area contributed by atoms with Crippen molar-refractivity contribution in [2.45, 2.75) is 85.7 Å². The number of carbonyl (C=O) groups is 1. The summed E-state index contributed by atoms with van der Waals surface area (Å²) in [6.07, 6.45) is 11.6. The number of hydrogen-bond acceptors (Lipinski definition) is 2. The molecule has 4 aliphatic carbocycles. The molecule has 0 aromatic heterocycles. The van der Waals surface area contributed by atoms with Crippen LogP contribution in [0.3, 0.4) is 0 Å². The number of esters is 1. The monoisotopic (exact) mass is 330 g/mol. The van der Waals surface area contributed by atoms with Crippen LogP contribution in [0, 0.1) is 34.0 Å². The van der Waals surface area contributed by atoms with Gasteiger partial charge < -0.3 is 4.74 Å². The first kappa shape index (κ1) is 16.7. The van der Waals surface area contributed by atoms with Crippen molar-refractivity contribution in [1.29, 1.82) is 0 Å². The first-order valence-corrected chi connectivity index (χ1v) is 10.1. The van der Waals surface area contributed by atoms with Crippen LogP contribution in [0.2, 0.25) is 0 Å². The van der Waals surface area contributed by atoms with E-state index < -0.39 is 0 Å². The standard InChI is InChI=1S/C22H34O2/c1-14-12-22-13-16(14)7-8-17(22)21(5)10-6-9-20(3,4)18(21)11-19(22)24-15(2)23/h12,16-19H,6-11,13H2,1-5H3. The highest BCUT2D eigenvalue weighted by Gasteiger charge is 2.66. The third-order valence-electron chi connectivity index (χ3n) is 8.62. The molecule has 0 heterocycles. The summed E-state index contributed by atoms with van der Waals surface area (Å²) >= 11 is 0. The Kier molecular flexibility index (Phi) is 3.55. The summed E-state index contributed by atoms with van der Waals surface area (Å²) in [5, 5.41) is 0. The predicted octanol–water partition coefficient (Wildman–Crippen LogP) is 5.52. The normalized spacial score (nSPS) is 49.0. The molecule has 4 aliphatic rings. The number of allylic oxidation sites excluding steroid dienone is 1. The van der Waals surface area contributed by atoms with Crippen LogP contribution in [0.1, 0.15) is 79.6 Å². The van der Waals surface area contributed by atoms with Crippen LogP contribution >= 0.6 is 0 Å². The number of ether oxygens (including phenoxy) is 1. The highest BCUT2D eigenvalue weighted by Crippen LogP contribution is 2.71. The minimum Gasteiger partial charge on any atom is -0.462 e. The van der Waals surface area contributed by atoms with Gasteiger partial charge in [-0.2, -0.15) is 0 Å². The van der Waals surface area contributed by atoms with Gasteiger partial charge in [0.1, 0.15) is 6.10 Å². The first-order chi connectivity index (χ1) is 11.2. The zero-order valence-electron chi connectivity index (χ0n) is 16.2. The van der Waals surface area contributed by atoms with Crippen molar-refractivity contribution >= 4 is 5.97 Å². The SMILES string of the molecule is CC(=O)OC1CC2C(C)(C)CCCC2(C)C2CCC3CC12C=C3C. The third-order valence-corrected chi connectivity index (χ3v) is 8.62.